The van der Waals surface area contributed by atoms with Gasteiger partial charge in [0.05, 0.1) is 16.8 Å². The Morgan fingerprint density at radius 2 is 1.75 bits per heavy atom. The summed E-state index contributed by atoms with van der Waals surface area (Å²) in [6, 6.07) is 9.26. The fraction of sp³-hybridized carbons (Fsp3) is 0.346. The molecule has 5 rings (SSSR count). The number of aromatic carboxylic acids is 2. The number of carboxylic acids is 2. The second-order valence-electron chi connectivity index (χ2n) is 8.87. The highest BCUT2D eigenvalue weighted by atomic mass is 35.5. The Hall–Kier alpha value is -3.43. The van der Waals surface area contributed by atoms with Crippen LogP contribution in [-0.2, 0) is 0 Å². The Morgan fingerprint density at radius 1 is 1.06 bits per heavy atom. The van der Waals surface area contributed by atoms with Gasteiger partial charge in [0.1, 0.15) is 11.4 Å². The molecular formula is C26H27ClFN3O5. The number of halogens is 2. The SMILES string of the molecule is CCN1CCN(c2cc3c(cc2F)c(=O)c(C(=O)O)cn3C2CC2)CC1.O=C(O)c1cccc(Cl)c1. The third kappa shape index (κ3) is 5.52. The molecule has 1 aliphatic carbocycles. The van der Waals surface area contributed by atoms with Crippen molar-refractivity contribution in [3.63, 3.8) is 0 Å². The molecule has 2 fully saturated rings. The van der Waals surface area contributed by atoms with Gasteiger partial charge in [0, 0.05) is 48.8 Å². The highest BCUT2D eigenvalue weighted by molar-refractivity contribution is 6.30. The Morgan fingerprint density at radius 3 is 2.28 bits per heavy atom. The van der Waals surface area contributed by atoms with E-state index in [9.17, 15) is 23.9 Å². The van der Waals surface area contributed by atoms with Gasteiger partial charge in [-0.1, -0.05) is 24.6 Å². The van der Waals surface area contributed by atoms with Crippen LogP contribution in [-0.4, -0.2) is 64.3 Å². The molecule has 0 unspecified atom stereocenters. The van der Waals surface area contributed by atoms with Crippen LogP contribution in [0.15, 0.2) is 47.4 Å². The number of likely N-dealkylation sites (N-methyl/N-ethyl adjacent to an activating group) is 1. The van der Waals surface area contributed by atoms with Gasteiger partial charge in [0.15, 0.2) is 0 Å². The number of fused-ring (bicyclic) bond motifs is 1. The maximum absolute atomic E-state index is 14.8. The number of aromatic nitrogens is 1. The lowest BCUT2D eigenvalue weighted by Gasteiger charge is -2.35. The van der Waals surface area contributed by atoms with Crippen molar-refractivity contribution < 1.29 is 24.2 Å². The second-order valence-corrected chi connectivity index (χ2v) is 9.31. The van der Waals surface area contributed by atoms with Crippen LogP contribution in [0.25, 0.3) is 10.9 Å². The summed E-state index contributed by atoms with van der Waals surface area (Å²) in [7, 11) is 0. The molecule has 0 bridgehead atoms. The van der Waals surface area contributed by atoms with Gasteiger partial charge in [0.2, 0.25) is 5.43 Å². The summed E-state index contributed by atoms with van der Waals surface area (Å²) in [6.45, 7) is 6.31. The standard InChI is InChI=1S/C19H22FN3O3.C7H5ClO2/c1-2-21-5-7-22(8-6-21)17-10-16-13(9-15(17)20)18(24)14(19(25)26)11-23(16)12-3-4-12;8-6-3-1-2-5(4-6)7(9)10/h9-12H,2-8H2,1H3,(H,25,26);1-4H,(H,9,10). The molecule has 2 aromatic carbocycles. The monoisotopic (exact) mass is 515 g/mol. The minimum absolute atomic E-state index is 0.144. The molecule has 1 aliphatic heterocycles. The zero-order valence-electron chi connectivity index (χ0n) is 19.8. The van der Waals surface area contributed by atoms with Crippen molar-refractivity contribution in [3.05, 3.63) is 74.8 Å². The van der Waals surface area contributed by atoms with Gasteiger partial charge >= 0.3 is 11.9 Å². The molecule has 3 aromatic rings. The Balaban J connectivity index is 0.000000256. The lowest BCUT2D eigenvalue weighted by molar-refractivity contribution is 0.0685. The molecule has 2 heterocycles. The molecule has 1 aromatic heterocycles. The first-order valence-electron chi connectivity index (χ1n) is 11.8. The van der Waals surface area contributed by atoms with Crippen molar-refractivity contribution in [1.29, 1.82) is 0 Å². The number of carboxylic acid groups (broad SMARTS) is 2. The smallest absolute Gasteiger partial charge is 0.341 e. The van der Waals surface area contributed by atoms with Crippen LogP contribution in [0.1, 0.15) is 46.5 Å². The summed E-state index contributed by atoms with van der Waals surface area (Å²) in [5, 5.41) is 18.3. The van der Waals surface area contributed by atoms with E-state index in [4.69, 9.17) is 16.7 Å². The van der Waals surface area contributed by atoms with Crippen LogP contribution < -0.4 is 10.3 Å². The minimum atomic E-state index is -1.27. The van der Waals surface area contributed by atoms with Crippen molar-refractivity contribution >= 4 is 40.1 Å². The predicted octanol–water partition coefficient (Wildman–Crippen LogP) is 4.35. The van der Waals surface area contributed by atoms with E-state index in [0.29, 0.717) is 16.2 Å². The number of carbonyl (C=O) groups is 2. The number of nitrogens with zero attached hydrogens (tertiary/aromatic N) is 3. The fourth-order valence-electron chi connectivity index (χ4n) is 4.33. The van der Waals surface area contributed by atoms with Crippen molar-refractivity contribution in [2.45, 2.75) is 25.8 Å². The molecule has 2 N–H and O–H groups in total. The number of pyridine rings is 1. The molecule has 1 saturated heterocycles. The van der Waals surface area contributed by atoms with Crippen LogP contribution in [0.2, 0.25) is 5.02 Å². The number of benzene rings is 2. The van der Waals surface area contributed by atoms with E-state index in [0.717, 1.165) is 45.6 Å². The molecule has 10 heteroatoms. The first kappa shape index (κ1) is 25.7. The van der Waals surface area contributed by atoms with Crippen LogP contribution in [0.3, 0.4) is 0 Å². The molecule has 36 heavy (non-hydrogen) atoms. The summed E-state index contributed by atoms with van der Waals surface area (Å²) in [5.41, 5.74) is 0.410. The maximum atomic E-state index is 14.8. The molecular weight excluding hydrogens is 489 g/mol. The van der Waals surface area contributed by atoms with Gasteiger partial charge < -0.3 is 24.6 Å². The predicted molar refractivity (Wildman–Crippen MR) is 136 cm³/mol. The van der Waals surface area contributed by atoms with E-state index < -0.39 is 23.2 Å². The highest BCUT2D eigenvalue weighted by Gasteiger charge is 2.28. The maximum Gasteiger partial charge on any atom is 0.341 e. The zero-order valence-corrected chi connectivity index (χ0v) is 20.5. The van der Waals surface area contributed by atoms with Crippen LogP contribution in [0.4, 0.5) is 10.1 Å². The van der Waals surface area contributed by atoms with Gasteiger partial charge in [0.25, 0.3) is 0 Å². The highest BCUT2D eigenvalue weighted by Crippen LogP contribution is 2.38. The van der Waals surface area contributed by atoms with E-state index in [1.807, 2.05) is 9.47 Å². The van der Waals surface area contributed by atoms with Gasteiger partial charge in [-0.15, -0.1) is 0 Å². The first-order valence-corrected chi connectivity index (χ1v) is 12.1. The van der Waals surface area contributed by atoms with Gasteiger partial charge in [-0.05, 0) is 49.7 Å². The summed E-state index contributed by atoms with van der Waals surface area (Å²) in [6.07, 6.45) is 3.30. The molecule has 0 spiro atoms. The number of piperazine rings is 1. The van der Waals surface area contributed by atoms with Crippen LogP contribution in [0, 0.1) is 5.82 Å². The number of hydrogen-bond acceptors (Lipinski definition) is 5. The minimum Gasteiger partial charge on any atom is -0.478 e. The van der Waals surface area contributed by atoms with Gasteiger partial charge in [-0.2, -0.15) is 0 Å². The van der Waals surface area contributed by atoms with Crippen LogP contribution in [0.5, 0.6) is 0 Å². The molecule has 190 valence electrons. The summed E-state index contributed by atoms with van der Waals surface area (Å²) >= 11 is 5.53. The number of rotatable bonds is 5. The Labute approximate surface area is 212 Å². The Bertz CT molecular complexity index is 1360. The van der Waals surface area contributed by atoms with Crippen molar-refractivity contribution in [1.82, 2.24) is 9.47 Å². The average molecular weight is 516 g/mol. The van der Waals surface area contributed by atoms with E-state index in [-0.39, 0.29) is 22.6 Å². The van der Waals surface area contributed by atoms with Crippen LogP contribution >= 0.6 is 11.6 Å². The van der Waals surface area contributed by atoms with Gasteiger partial charge in [-0.3, -0.25) is 4.79 Å². The molecule has 0 atom stereocenters. The topological polar surface area (TPSA) is 103 Å². The average Bonchev–Trinajstić information content (AvgIpc) is 3.70. The molecule has 0 radical (unpaired) electrons. The third-order valence-corrected chi connectivity index (χ3v) is 6.74. The molecule has 2 aliphatic rings. The van der Waals surface area contributed by atoms with Crippen molar-refractivity contribution in [3.8, 4) is 0 Å². The lowest BCUT2D eigenvalue weighted by atomic mass is 10.1. The van der Waals surface area contributed by atoms with Crippen molar-refractivity contribution in [2.24, 2.45) is 0 Å². The molecule has 0 amide bonds. The quantitative estimate of drug-likeness (QED) is 0.520. The summed E-state index contributed by atoms with van der Waals surface area (Å²) < 4.78 is 16.6. The summed E-state index contributed by atoms with van der Waals surface area (Å²) in [5.74, 6) is -2.70. The fourth-order valence-corrected chi connectivity index (χ4v) is 4.52. The molecule has 1 saturated carbocycles. The van der Waals surface area contributed by atoms with E-state index in [2.05, 4.69) is 11.8 Å². The third-order valence-electron chi connectivity index (χ3n) is 6.50. The first-order chi connectivity index (χ1) is 17.2. The van der Waals surface area contributed by atoms with E-state index >= 15 is 0 Å². The summed E-state index contributed by atoms with van der Waals surface area (Å²) in [4.78, 5) is 38.5. The van der Waals surface area contributed by atoms with Gasteiger partial charge in [-0.25, -0.2) is 14.0 Å². The number of hydrogen-bond donors (Lipinski definition) is 2. The second kappa shape index (κ2) is 10.7. The Kier molecular flexibility index (Phi) is 7.61. The lowest BCUT2D eigenvalue weighted by Crippen LogP contribution is -2.46. The van der Waals surface area contributed by atoms with E-state index in [1.165, 1.54) is 24.4 Å². The zero-order chi connectivity index (χ0) is 26.0. The normalized spacial score (nSPS) is 15.9. The number of anilines is 1. The largest absolute Gasteiger partial charge is 0.478 e. The molecule has 8 nitrogen and oxygen atoms in total. The van der Waals surface area contributed by atoms with Crippen molar-refractivity contribution in [2.75, 3.05) is 37.6 Å². The van der Waals surface area contributed by atoms with E-state index in [1.54, 1.807) is 18.2 Å².